The summed E-state index contributed by atoms with van der Waals surface area (Å²) in [6.45, 7) is 0. The zero-order valence-corrected chi connectivity index (χ0v) is 13.5. The Morgan fingerprint density at radius 3 is 2.38 bits per heavy atom. The summed E-state index contributed by atoms with van der Waals surface area (Å²) in [4.78, 5) is 15.7. The maximum atomic E-state index is 12.5. The van der Waals surface area contributed by atoms with Gasteiger partial charge in [0.25, 0.3) is 5.91 Å². The highest BCUT2D eigenvalue weighted by atomic mass is 19.4. The van der Waals surface area contributed by atoms with E-state index in [1.165, 1.54) is 30.5 Å². The molecule has 0 aliphatic carbocycles. The Morgan fingerprint density at radius 2 is 1.85 bits per heavy atom. The summed E-state index contributed by atoms with van der Waals surface area (Å²) in [6, 6.07) is 8.13. The number of anilines is 1. The molecule has 3 rings (SSSR count). The number of aryl methyl sites for hydroxylation is 1. The minimum atomic E-state index is -4.45. The molecule has 2 heterocycles. The van der Waals surface area contributed by atoms with Crippen LogP contribution in [0, 0.1) is 0 Å². The zero-order valence-electron chi connectivity index (χ0n) is 13.5. The van der Waals surface area contributed by atoms with Crippen molar-refractivity contribution in [3.05, 3.63) is 66.1 Å². The van der Waals surface area contributed by atoms with Gasteiger partial charge in [-0.1, -0.05) is 0 Å². The SMILES string of the molecule is Cn1cc(NC(=O)c2ccc(Oc3ccc(C(F)(F)F)cn3)cc2)cn1. The molecule has 134 valence electrons. The van der Waals surface area contributed by atoms with E-state index in [0.717, 1.165) is 12.1 Å². The second kappa shape index (κ2) is 6.87. The van der Waals surface area contributed by atoms with E-state index in [4.69, 9.17) is 4.74 Å². The number of rotatable bonds is 4. The lowest BCUT2D eigenvalue weighted by Crippen LogP contribution is -2.11. The molecule has 0 saturated heterocycles. The summed E-state index contributed by atoms with van der Waals surface area (Å²) in [5, 5.41) is 6.64. The van der Waals surface area contributed by atoms with E-state index < -0.39 is 11.7 Å². The van der Waals surface area contributed by atoms with Crippen LogP contribution >= 0.6 is 0 Å². The first-order valence-corrected chi connectivity index (χ1v) is 7.42. The second-order valence-electron chi connectivity index (χ2n) is 5.37. The van der Waals surface area contributed by atoms with E-state index in [-0.39, 0.29) is 11.8 Å². The lowest BCUT2D eigenvalue weighted by molar-refractivity contribution is -0.137. The molecule has 0 saturated carbocycles. The Balaban J connectivity index is 1.65. The molecular formula is C17H13F3N4O2. The first-order chi connectivity index (χ1) is 12.3. The van der Waals surface area contributed by atoms with Crippen molar-refractivity contribution in [1.29, 1.82) is 0 Å². The van der Waals surface area contributed by atoms with Gasteiger partial charge in [-0.05, 0) is 30.3 Å². The number of nitrogens with one attached hydrogen (secondary N) is 1. The molecule has 1 amide bonds. The third kappa shape index (κ3) is 4.18. The minimum Gasteiger partial charge on any atom is -0.439 e. The summed E-state index contributed by atoms with van der Waals surface area (Å²) in [5.74, 6) is 0.0398. The monoisotopic (exact) mass is 362 g/mol. The molecule has 0 fully saturated rings. The number of hydrogen-bond acceptors (Lipinski definition) is 4. The van der Waals surface area contributed by atoms with Crippen LogP contribution in [-0.2, 0) is 13.2 Å². The summed E-state index contributed by atoms with van der Waals surface area (Å²) < 4.78 is 44.4. The maximum Gasteiger partial charge on any atom is 0.417 e. The Kier molecular flexibility index (Phi) is 4.61. The molecular weight excluding hydrogens is 349 g/mol. The molecule has 1 N–H and O–H groups in total. The summed E-state index contributed by atoms with van der Waals surface area (Å²) >= 11 is 0. The quantitative estimate of drug-likeness (QED) is 0.765. The number of carbonyl (C=O) groups excluding carboxylic acids is 1. The van der Waals surface area contributed by atoms with Gasteiger partial charge in [0, 0.05) is 31.1 Å². The zero-order chi connectivity index (χ0) is 18.7. The Bertz CT molecular complexity index is 903. The Hall–Kier alpha value is -3.36. The normalized spacial score (nSPS) is 11.2. The highest BCUT2D eigenvalue weighted by Gasteiger charge is 2.30. The molecule has 1 aromatic carbocycles. The summed E-state index contributed by atoms with van der Waals surface area (Å²) in [7, 11) is 1.73. The standard InChI is InChI=1S/C17H13F3N4O2/c1-24-10-13(9-22-24)23-16(25)11-2-5-14(6-3-11)26-15-7-4-12(8-21-15)17(18,19)20/h2-10H,1H3,(H,23,25). The summed E-state index contributed by atoms with van der Waals surface area (Å²) in [6.07, 6.45) is -0.572. The predicted octanol–water partition coefficient (Wildman–Crippen LogP) is 3.88. The number of alkyl halides is 3. The Labute approximate surface area is 146 Å². The molecule has 0 radical (unpaired) electrons. The number of benzene rings is 1. The average Bonchev–Trinajstić information content (AvgIpc) is 3.00. The fourth-order valence-corrected chi connectivity index (χ4v) is 2.09. The fourth-order valence-electron chi connectivity index (χ4n) is 2.09. The van der Waals surface area contributed by atoms with Gasteiger partial charge in [0.15, 0.2) is 0 Å². The van der Waals surface area contributed by atoms with Gasteiger partial charge in [-0.3, -0.25) is 9.48 Å². The number of carbonyl (C=O) groups is 1. The van der Waals surface area contributed by atoms with Crippen LogP contribution in [0.1, 0.15) is 15.9 Å². The van der Waals surface area contributed by atoms with Crippen molar-refractivity contribution in [3.63, 3.8) is 0 Å². The van der Waals surface area contributed by atoms with E-state index in [1.54, 1.807) is 17.9 Å². The van der Waals surface area contributed by atoms with Gasteiger partial charge in [0.1, 0.15) is 5.75 Å². The van der Waals surface area contributed by atoms with E-state index in [0.29, 0.717) is 23.2 Å². The van der Waals surface area contributed by atoms with Crippen molar-refractivity contribution in [3.8, 4) is 11.6 Å². The molecule has 0 aliphatic heterocycles. The molecule has 0 atom stereocenters. The molecule has 9 heteroatoms. The van der Waals surface area contributed by atoms with Gasteiger partial charge in [0.2, 0.25) is 5.88 Å². The van der Waals surface area contributed by atoms with Gasteiger partial charge in [0.05, 0.1) is 17.4 Å². The largest absolute Gasteiger partial charge is 0.439 e. The van der Waals surface area contributed by atoms with Crippen LogP contribution in [0.5, 0.6) is 11.6 Å². The number of hydrogen-bond donors (Lipinski definition) is 1. The number of pyridine rings is 1. The first-order valence-electron chi connectivity index (χ1n) is 7.42. The van der Waals surface area contributed by atoms with Crippen molar-refractivity contribution >= 4 is 11.6 Å². The Morgan fingerprint density at radius 1 is 1.12 bits per heavy atom. The maximum absolute atomic E-state index is 12.5. The lowest BCUT2D eigenvalue weighted by Gasteiger charge is -2.08. The predicted molar refractivity (Wildman–Crippen MR) is 86.9 cm³/mol. The number of ether oxygens (including phenoxy) is 1. The first kappa shape index (κ1) is 17.5. The molecule has 6 nitrogen and oxygen atoms in total. The smallest absolute Gasteiger partial charge is 0.417 e. The molecule has 0 spiro atoms. The van der Waals surface area contributed by atoms with Gasteiger partial charge >= 0.3 is 6.18 Å². The van der Waals surface area contributed by atoms with Gasteiger partial charge < -0.3 is 10.1 Å². The van der Waals surface area contributed by atoms with Gasteiger partial charge in [-0.25, -0.2) is 4.98 Å². The van der Waals surface area contributed by atoms with Crippen molar-refractivity contribution in [2.45, 2.75) is 6.18 Å². The number of halogens is 3. The van der Waals surface area contributed by atoms with E-state index in [1.807, 2.05) is 0 Å². The van der Waals surface area contributed by atoms with Crippen molar-refractivity contribution in [2.75, 3.05) is 5.32 Å². The molecule has 0 bridgehead atoms. The van der Waals surface area contributed by atoms with Crippen LogP contribution in [0.3, 0.4) is 0 Å². The highest BCUT2D eigenvalue weighted by molar-refractivity contribution is 6.04. The number of amides is 1. The van der Waals surface area contributed by atoms with Crippen LogP contribution in [0.2, 0.25) is 0 Å². The van der Waals surface area contributed by atoms with Gasteiger partial charge in [-0.2, -0.15) is 18.3 Å². The second-order valence-corrected chi connectivity index (χ2v) is 5.37. The van der Waals surface area contributed by atoms with Crippen molar-refractivity contribution in [2.24, 2.45) is 7.05 Å². The fraction of sp³-hybridized carbons (Fsp3) is 0.118. The van der Waals surface area contributed by atoms with Crippen molar-refractivity contribution < 1.29 is 22.7 Å². The molecule has 26 heavy (non-hydrogen) atoms. The molecule has 3 aromatic rings. The van der Waals surface area contributed by atoms with E-state index >= 15 is 0 Å². The minimum absolute atomic E-state index is 0.0190. The van der Waals surface area contributed by atoms with Crippen LogP contribution < -0.4 is 10.1 Å². The number of aromatic nitrogens is 3. The highest BCUT2D eigenvalue weighted by Crippen LogP contribution is 2.30. The average molecular weight is 362 g/mol. The third-order valence-electron chi connectivity index (χ3n) is 3.37. The van der Waals surface area contributed by atoms with Crippen LogP contribution in [0.4, 0.5) is 18.9 Å². The van der Waals surface area contributed by atoms with Crippen molar-refractivity contribution in [1.82, 2.24) is 14.8 Å². The van der Waals surface area contributed by atoms with E-state index in [9.17, 15) is 18.0 Å². The summed E-state index contributed by atoms with van der Waals surface area (Å²) in [5.41, 5.74) is 0.0978. The van der Waals surface area contributed by atoms with Crippen LogP contribution in [-0.4, -0.2) is 20.7 Å². The topological polar surface area (TPSA) is 69.0 Å². The molecule has 0 aliphatic rings. The number of nitrogens with zero attached hydrogens (tertiary/aromatic N) is 3. The molecule has 0 unspecified atom stereocenters. The van der Waals surface area contributed by atoms with Crippen LogP contribution in [0.25, 0.3) is 0 Å². The van der Waals surface area contributed by atoms with E-state index in [2.05, 4.69) is 15.4 Å². The lowest BCUT2D eigenvalue weighted by atomic mass is 10.2. The molecule has 2 aromatic heterocycles. The van der Waals surface area contributed by atoms with Gasteiger partial charge in [-0.15, -0.1) is 0 Å². The third-order valence-corrected chi connectivity index (χ3v) is 3.37. The van der Waals surface area contributed by atoms with Crippen LogP contribution in [0.15, 0.2) is 55.0 Å².